The zero-order valence-electron chi connectivity index (χ0n) is 12.1. The van der Waals surface area contributed by atoms with E-state index < -0.39 is 0 Å². The smallest absolute Gasteiger partial charge is 0.255 e. The first-order valence-electron chi connectivity index (χ1n) is 7.11. The van der Waals surface area contributed by atoms with E-state index in [1.54, 1.807) is 6.07 Å². The van der Waals surface area contributed by atoms with Crippen LogP contribution in [-0.4, -0.2) is 21.4 Å². The Morgan fingerprint density at radius 1 is 1.48 bits per heavy atom. The first-order valence-corrected chi connectivity index (χ1v) is 7.49. The van der Waals surface area contributed by atoms with E-state index in [1.165, 1.54) is 0 Å². The van der Waals surface area contributed by atoms with E-state index in [-0.39, 0.29) is 11.5 Å². The van der Waals surface area contributed by atoms with Crippen molar-refractivity contribution in [2.45, 2.75) is 39.3 Å². The molecule has 0 bridgehead atoms. The van der Waals surface area contributed by atoms with E-state index in [0.29, 0.717) is 18.3 Å². The molecule has 3 heterocycles. The molecule has 0 aromatic carbocycles. The molecule has 5 nitrogen and oxygen atoms in total. The van der Waals surface area contributed by atoms with Gasteiger partial charge in [-0.05, 0) is 23.7 Å². The van der Waals surface area contributed by atoms with Gasteiger partial charge >= 0.3 is 0 Å². The Morgan fingerprint density at radius 3 is 2.95 bits per heavy atom. The molecular formula is C15H18ClN3O2. The largest absolute Gasteiger partial charge is 0.448 e. The number of rotatable bonds is 3. The van der Waals surface area contributed by atoms with Crippen LogP contribution in [0.5, 0.6) is 0 Å². The summed E-state index contributed by atoms with van der Waals surface area (Å²) < 4.78 is 5.38. The number of hydrogen-bond donors (Lipinski definition) is 1. The van der Waals surface area contributed by atoms with Crippen molar-refractivity contribution in [3.05, 3.63) is 50.5 Å². The Balaban J connectivity index is 1.81. The number of fused-ring (bicyclic) bond motifs is 1. The standard InChI is InChI=1S/C15H18ClN3O2/c1-9(2)14-17-12-5-6-19(8-11(12)15(20)18-14)7-10-3-4-13(16)21-10/h3-4,9H,5-8H2,1-2H3,(H,17,18,20). The van der Waals surface area contributed by atoms with Crippen LogP contribution in [-0.2, 0) is 19.5 Å². The normalized spacial score (nSPS) is 15.4. The van der Waals surface area contributed by atoms with Crippen LogP contribution in [0.4, 0.5) is 0 Å². The van der Waals surface area contributed by atoms with Gasteiger partial charge in [0, 0.05) is 25.4 Å². The number of halogens is 1. The Hall–Kier alpha value is -1.59. The lowest BCUT2D eigenvalue weighted by molar-refractivity contribution is 0.222. The predicted molar refractivity (Wildman–Crippen MR) is 80.5 cm³/mol. The maximum atomic E-state index is 12.2. The minimum atomic E-state index is -0.0223. The fraction of sp³-hybridized carbons (Fsp3) is 0.467. The summed E-state index contributed by atoms with van der Waals surface area (Å²) in [7, 11) is 0. The van der Waals surface area contributed by atoms with Crippen molar-refractivity contribution in [1.82, 2.24) is 14.9 Å². The number of aromatic nitrogens is 2. The molecule has 0 unspecified atom stereocenters. The summed E-state index contributed by atoms with van der Waals surface area (Å²) in [6.45, 7) is 6.16. The van der Waals surface area contributed by atoms with E-state index in [9.17, 15) is 4.79 Å². The molecular weight excluding hydrogens is 290 g/mol. The average molecular weight is 308 g/mol. The van der Waals surface area contributed by atoms with Gasteiger partial charge in [-0.2, -0.15) is 0 Å². The second kappa shape index (κ2) is 5.66. The molecule has 3 rings (SSSR count). The van der Waals surface area contributed by atoms with Gasteiger partial charge in [0.15, 0.2) is 5.22 Å². The zero-order valence-corrected chi connectivity index (χ0v) is 12.9. The molecule has 112 valence electrons. The maximum absolute atomic E-state index is 12.2. The minimum Gasteiger partial charge on any atom is -0.448 e. The molecule has 1 aliphatic heterocycles. The van der Waals surface area contributed by atoms with Crippen LogP contribution >= 0.6 is 11.6 Å². The molecule has 21 heavy (non-hydrogen) atoms. The molecule has 0 fully saturated rings. The molecule has 0 radical (unpaired) electrons. The van der Waals surface area contributed by atoms with E-state index >= 15 is 0 Å². The van der Waals surface area contributed by atoms with Crippen LogP contribution in [0.1, 0.15) is 42.6 Å². The SMILES string of the molecule is CC(C)c1nc2c(c(=O)[nH]1)CN(Cc1ccc(Cl)o1)CC2. The van der Waals surface area contributed by atoms with E-state index in [0.717, 1.165) is 35.8 Å². The van der Waals surface area contributed by atoms with Crippen LogP contribution in [0.15, 0.2) is 21.3 Å². The fourth-order valence-corrected chi connectivity index (χ4v) is 2.73. The molecule has 1 N–H and O–H groups in total. The molecule has 1 aliphatic rings. The van der Waals surface area contributed by atoms with Gasteiger partial charge in [0.05, 0.1) is 17.8 Å². The maximum Gasteiger partial charge on any atom is 0.255 e. The van der Waals surface area contributed by atoms with Gasteiger partial charge in [-0.1, -0.05) is 13.8 Å². The second-order valence-electron chi connectivity index (χ2n) is 5.70. The first-order chi connectivity index (χ1) is 10.0. The Labute approximate surface area is 127 Å². The lowest BCUT2D eigenvalue weighted by atomic mass is 10.1. The Kier molecular flexibility index (Phi) is 3.87. The van der Waals surface area contributed by atoms with Gasteiger partial charge < -0.3 is 9.40 Å². The van der Waals surface area contributed by atoms with Crippen molar-refractivity contribution >= 4 is 11.6 Å². The average Bonchev–Trinajstić information content (AvgIpc) is 2.84. The van der Waals surface area contributed by atoms with Crippen LogP contribution in [0.2, 0.25) is 5.22 Å². The molecule has 0 aliphatic carbocycles. The summed E-state index contributed by atoms with van der Waals surface area (Å²) in [5, 5.41) is 0.392. The molecule has 2 aromatic rings. The topological polar surface area (TPSA) is 62.1 Å². The van der Waals surface area contributed by atoms with Gasteiger partial charge in [-0.25, -0.2) is 4.98 Å². The molecule has 0 atom stereocenters. The van der Waals surface area contributed by atoms with Gasteiger partial charge in [-0.15, -0.1) is 0 Å². The van der Waals surface area contributed by atoms with Crippen LogP contribution in [0.25, 0.3) is 0 Å². The summed E-state index contributed by atoms with van der Waals surface area (Å²) >= 11 is 5.78. The van der Waals surface area contributed by atoms with Crippen LogP contribution < -0.4 is 5.56 Å². The molecule has 0 amide bonds. The number of furan rings is 1. The summed E-state index contributed by atoms with van der Waals surface area (Å²) in [5.41, 5.74) is 1.67. The first kappa shape index (κ1) is 14.4. The number of H-pyrrole nitrogens is 1. The highest BCUT2D eigenvalue weighted by molar-refractivity contribution is 6.28. The van der Waals surface area contributed by atoms with Crippen LogP contribution in [0, 0.1) is 0 Å². The van der Waals surface area contributed by atoms with E-state index in [1.807, 2.05) is 19.9 Å². The second-order valence-corrected chi connectivity index (χ2v) is 6.07. The van der Waals surface area contributed by atoms with Gasteiger partial charge in [0.1, 0.15) is 11.6 Å². The quantitative estimate of drug-likeness (QED) is 0.947. The molecule has 6 heteroatoms. The van der Waals surface area contributed by atoms with Crippen molar-refractivity contribution in [3.8, 4) is 0 Å². The van der Waals surface area contributed by atoms with Crippen LogP contribution in [0.3, 0.4) is 0 Å². The monoisotopic (exact) mass is 307 g/mol. The highest BCUT2D eigenvalue weighted by Crippen LogP contribution is 2.20. The predicted octanol–water partition coefficient (Wildman–Crippen LogP) is 2.70. The van der Waals surface area contributed by atoms with Crippen molar-refractivity contribution in [2.24, 2.45) is 0 Å². The Morgan fingerprint density at radius 2 is 2.29 bits per heavy atom. The molecule has 0 saturated heterocycles. The summed E-state index contributed by atoms with van der Waals surface area (Å²) in [6.07, 6.45) is 0.785. The van der Waals surface area contributed by atoms with Crippen molar-refractivity contribution in [3.63, 3.8) is 0 Å². The summed E-state index contributed by atoms with van der Waals surface area (Å²) in [4.78, 5) is 21.9. The van der Waals surface area contributed by atoms with Crippen molar-refractivity contribution in [2.75, 3.05) is 6.54 Å². The number of aromatic amines is 1. The number of nitrogens with one attached hydrogen (secondary N) is 1. The van der Waals surface area contributed by atoms with Gasteiger partial charge in [-0.3, -0.25) is 9.69 Å². The third-order valence-electron chi connectivity index (χ3n) is 3.72. The number of hydrogen-bond acceptors (Lipinski definition) is 4. The number of nitrogens with zero attached hydrogens (tertiary/aromatic N) is 2. The summed E-state index contributed by atoms with van der Waals surface area (Å²) in [5.74, 6) is 1.81. The molecule has 0 spiro atoms. The lowest BCUT2D eigenvalue weighted by Crippen LogP contribution is -2.35. The van der Waals surface area contributed by atoms with Gasteiger partial charge in [0.2, 0.25) is 0 Å². The third-order valence-corrected chi connectivity index (χ3v) is 3.92. The minimum absolute atomic E-state index is 0.0223. The third kappa shape index (κ3) is 3.04. The highest BCUT2D eigenvalue weighted by Gasteiger charge is 2.22. The lowest BCUT2D eigenvalue weighted by Gasteiger charge is -2.27. The van der Waals surface area contributed by atoms with Crippen molar-refractivity contribution in [1.29, 1.82) is 0 Å². The molecule has 2 aromatic heterocycles. The fourth-order valence-electron chi connectivity index (χ4n) is 2.57. The summed E-state index contributed by atoms with van der Waals surface area (Å²) in [6, 6.07) is 3.60. The Bertz CT molecular complexity index is 705. The van der Waals surface area contributed by atoms with Gasteiger partial charge in [0.25, 0.3) is 5.56 Å². The van der Waals surface area contributed by atoms with E-state index in [4.69, 9.17) is 16.0 Å². The van der Waals surface area contributed by atoms with E-state index in [2.05, 4.69) is 14.9 Å². The highest BCUT2D eigenvalue weighted by atomic mass is 35.5. The zero-order chi connectivity index (χ0) is 15.0. The van der Waals surface area contributed by atoms with Crippen molar-refractivity contribution < 1.29 is 4.42 Å². The molecule has 0 saturated carbocycles.